The minimum absolute atomic E-state index is 0.0164. The number of hydrogen-bond acceptors (Lipinski definition) is 2. The predicted molar refractivity (Wildman–Crippen MR) is 107 cm³/mol. The van der Waals surface area contributed by atoms with Crippen LogP contribution in [0.4, 0.5) is 5.69 Å². The summed E-state index contributed by atoms with van der Waals surface area (Å²) in [4.78, 5) is 26.6. The maximum absolute atomic E-state index is 12.7. The molecule has 0 aliphatic rings. The second-order valence-corrected chi connectivity index (χ2v) is 6.93. The maximum Gasteiger partial charge on any atom is 0.244 e. The molecule has 0 spiro atoms. The van der Waals surface area contributed by atoms with Crippen LogP contribution in [-0.2, 0) is 16.0 Å². The maximum atomic E-state index is 12.7. The zero-order valence-corrected chi connectivity index (χ0v) is 16.4. The van der Waals surface area contributed by atoms with Crippen molar-refractivity contribution in [1.82, 2.24) is 4.90 Å². The number of anilines is 1. The van der Waals surface area contributed by atoms with Crippen LogP contribution < -0.4 is 5.32 Å². The van der Waals surface area contributed by atoms with E-state index in [4.69, 9.17) is 23.2 Å². The number of rotatable bonds is 7. The van der Waals surface area contributed by atoms with E-state index in [-0.39, 0.29) is 24.8 Å². The van der Waals surface area contributed by atoms with E-state index in [9.17, 15) is 9.59 Å². The first-order chi connectivity index (χ1) is 12.4. The molecule has 0 bridgehead atoms. The molecule has 2 rings (SSSR count). The third kappa shape index (κ3) is 5.75. The van der Waals surface area contributed by atoms with Crippen molar-refractivity contribution in [1.29, 1.82) is 0 Å². The van der Waals surface area contributed by atoms with Crippen LogP contribution in [0.5, 0.6) is 0 Å². The third-order valence-electron chi connectivity index (χ3n) is 3.99. The van der Waals surface area contributed by atoms with Crippen molar-refractivity contribution in [3.8, 4) is 0 Å². The summed E-state index contributed by atoms with van der Waals surface area (Å²) in [6.07, 6.45) is 1.05. The van der Waals surface area contributed by atoms with Gasteiger partial charge in [-0.2, -0.15) is 0 Å². The van der Waals surface area contributed by atoms with Gasteiger partial charge in [-0.05, 0) is 42.7 Å². The Balaban J connectivity index is 2.03. The van der Waals surface area contributed by atoms with E-state index in [1.807, 2.05) is 38.1 Å². The summed E-state index contributed by atoms with van der Waals surface area (Å²) in [6, 6.07) is 12.6. The van der Waals surface area contributed by atoms with Crippen LogP contribution in [0.15, 0.2) is 42.5 Å². The van der Waals surface area contributed by atoms with Crippen LogP contribution in [0, 0.1) is 6.92 Å². The van der Waals surface area contributed by atoms with E-state index in [1.165, 1.54) is 0 Å². The van der Waals surface area contributed by atoms with Gasteiger partial charge in [0.1, 0.15) is 0 Å². The molecule has 1 N–H and O–H groups in total. The van der Waals surface area contributed by atoms with Crippen molar-refractivity contribution < 1.29 is 9.59 Å². The molecule has 2 amide bonds. The zero-order chi connectivity index (χ0) is 19.1. The Labute approximate surface area is 164 Å². The number of nitrogens with one attached hydrogen (secondary N) is 1. The second kappa shape index (κ2) is 9.60. The summed E-state index contributed by atoms with van der Waals surface area (Å²) in [7, 11) is 0. The molecular formula is C20H22Cl2N2O2. The molecule has 0 atom stereocenters. The van der Waals surface area contributed by atoms with Crippen molar-refractivity contribution >= 4 is 40.7 Å². The molecular weight excluding hydrogens is 371 g/mol. The number of carbonyl (C=O) groups excluding carboxylic acids is 2. The van der Waals surface area contributed by atoms with Gasteiger partial charge in [-0.1, -0.05) is 54.4 Å². The predicted octanol–water partition coefficient (Wildman–Crippen LogP) is 4.72. The molecule has 0 unspecified atom stereocenters. The molecule has 0 aliphatic heterocycles. The molecule has 26 heavy (non-hydrogen) atoms. The molecule has 0 aliphatic carbocycles. The highest BCUT2D eigenvalue weighted by Crippen LogP contribution is 2.25. The van der Waals surface area contributed by atoms with Crippen LogP contribution in [0.3, 0.4) is 0 Å². The van der Waals surface area contributed by atoms with Gasteiger partial charge in [-0.3, -0.25) is 9.59 Å². The molecule has 0 heterocycles. The second-order valence-electron chi connectivity index (χ2n) is 6.09. The summed E-state index contributed by atoms with van der Waals surface area (Å²) in [6.45, 7) is 4.45. The normalized spacial score (nSPS) is 10.5. The Bertz CT molecular complexity index is 793. The van der Waals surface area contributed by atoms with Gasteiger partial charge in [0.25, 0.3) is 0 Å². The van der Waals surface area contributed by atoms with E-state index in [1.54, 1.807) is 23.1 Å². The third-order valence-corrected chi connectivity index (χ3v) is 4.54. The summed E-state index contributed by atoms with van der Waals surface area (Å²) < 4.78 is 0. The summed E-state index contributed by atoms with van der Waals surface area (Å²) in [5, 5.41) is 3.59. The number of hydrogen-bond donors (Lipinski definition) is 1. The lowest BCUT2D eigenvalue weighted by Crippen LogP contribution is -2.39. The molecule has 2 aromatic rings. The quantitative estimate of drug-likeness (QED) is 0.740. The largest absolute Gasteiger partial charge is 0.333 e. The Hall–Kier alpha value is -2.04. The molecule has 0 aromatic heterocycles. The van der Waals surface area contributed by atoms with Crippen molar-refractivity contribution in [2.24, 2.45) is 0 Å². The van der Waals surface area contributed by atoms with Crippen LogP contribution in [-0.4, -0.2) is 29.8 Å². The topological polar surface area (TPSA) is 49.4 Å². The Morgan fingerprint density at radius 2 is 1.85 bits per heavy atom. The fraction of sp³-hybridized carbons (Fsp3) is 0.300. The molecule has 138 valence electrons. The molecule has 0 saturated carbocycles. The fourth-order valence-corrected chi connectivity index (χ4v) is 3.05. The van der Waals surface area contributed by atoms with E-state index in [2.05, 4.69) is 5.32 Å². The van der Waals surface area contributed by atoms with Crippen LogP contribution in [0.1, 0.15) is 24.5 Å². The monoisotopic (exact) mass is 392 g/mol. The standard InChI is InChI=1S/C20H22Cl2N2O2/c1-3-10-24(20(26)11-15-7-5-4-6-14(15)2)13-19(25)23-18-9-8-16(21)12-17(18)22/h4-9,12H,3,10-11,13H2,1-2H3,(H,23,25). The fourth-order valence-electron chi connectivity index (χ4n) is 2.60. The Kier molecular flexibility index (Phi) is 7.49. The van der Waals surface area contributed by atoms with Gasteiger partial charge in [0.2, 0.25) is 11.8 Å². The molecule has 4 nitrogen and oxygen atoms in total. The van der Waals surface area contributed by atoms with Gasteiger partial charge in [0.15, 0.2) is 0 Å². The van der Waals surface area contributed by atoms with E-state index in [0.29, 0.717) is 22.3 Å². The van der Waals surface area contributed by atoms with Crippen molar-refractivity contribution in [2.45, 2.75) is 26.7 Å². The van der Waals surface area contributed by atoms with Crippen molar-refractivity contribution in [2.75, 3.05) is 18.4 Å². The molecule has 0 radical (unpaired) electrons. The first-order valence-electron chi connectivity index (χ1n) is 8.48. The number of benzene rings is 2. The molecule has 0 saturated heterocycles. The minimum atomic E-state index is -0.291. The van der Waals surface area contributed by atoms with Crippen LogP contribution >= 0.6 is 23.2 Å². The lowest BCUT2D eigenvalue weighted by Gasteiger charge is -2.22. The molecule has 2 aromatic carbocycles. The van der Waals surface area contributed by atoms with Gasteiger partial charge >= 0.3 is 0 Å². The number of amides is 2. The van der Waals surface area contributed by atoms with Gasteiger partial charge in [-0.25, -0.2) is 0 Å². The highest BCUT2D eigenvalue weighted by molar-refractivity contribution is 6.36. The van der Waals surface area contributed by atoms with E-state index >= 15 is 0 Å². The summed E-state index contributed by atoms with van der Waals surface area (Å²) in [5.74, 6) is -0.362. The smallest absolute Gasteiger partial charge is 0.244 e. The van der Waals surface area contributed by atoms with Crippen molar-refractivity contribution in [3.63, 3.8) is 0 Å². The minimum Gasteiger partial charge on any atom is -0.333 e. The van der Waals surface area contributed by atoms with Crippen LogP contribution in [0.2, 0.25) is 10.0 Å². The first-order valence-corrected chi connectivity index (χ1v) is 9.23. The highest BCUT2D eigenvalue weighted by atomic mass is 35.5. The zero-order valence-electron chi connectivity index (χ0n) is 14.9. The average molecular weight is 393 g/mol. The van der Waals surface area contributed by atoms with E-state index in [0.717, 1.165) is 17.5 Å². The lowest BCUT2D eigenvalue weighted by atomic mass is 10.1. The highest BCUT2D eigenvalue weighted by Gasteiger charge is 2.18. The number of carbonyl (C=O) groups is 2. The molecule has 0 fully saturated rings. The SMILES string of the molecule is CCCN(CC(=O)Nc1ccc(Cl)cc1Cl)C(=O)Cc1ccccc1C. The Morgan fingerprint density at radius 1 is 1.12 bits per heavy atom. The number of aryl methyl sites for hydroxylation is 1. The number of nitrogens with zero attached hydrogens (tertiary/aromatic N) is 1. The summed E-state index contributed by atoms with van der Waals surface area (Å²) >= 11 is 11.9. The van der Waals surface area contributed by atoms with Crippen LogP contribution in [0.25, 0.3) is 0 Å². The first kappa shape index (κ1) is 20.3. The molecule has 6 heteroatoms. The van der Waals surface area contributed by atoms with Crippen molar-refractivity contribution in [3.05, 3.63) is 63.6 Å². The lowest BCUT2D eigenvalue weighted by molar-refractivity contribution is -0.134. The van der Waals surface area contributed by atoms with Gasteiger partial charge in [0.05, 0.1) is 23.7 Å². The number of halogens is 2. The van der Waals surface area contributed by atoms with Gasteiger partial charge in [-0.15, -0.1) is 0 Å². The van der Waals surface area contributed by atoms with Gasteiger partial charge < -0.3 is 10.2 Å². The van der Waals surface area contributed by atoms with E-state index < -0.39 is 0 Å². The average Bonchev–Trinajstić information content (AvgIpc) is 2.59. The van der Waals surface area contributed by atoms with Gasteiger partial charge in [0, 0.05) is 11.6 Å². The summed E-state index contributed by atoms with van der Waals surface area (Å²) in [5.41, 5.74) is 2.51. The Morgan fingerprint density at radius 3 is 2.50 bits per heavy atom.